The lowest BCUT2D eigenvalue weighted by Crippen LogP contribution is -2.42. The van der Waals surface area contributed by atoms with Crippen LogP contribution < -0.4 is 4.74 Å². The van der Waals surface area contributed by atoms with Gasteiger partial charge >= 0.3 is 18.3 Å². The standard InChI is InChI=1S/C18H17F6N3O5/c1-8-5-3-2-4-6-16(30,18(22,23)24)15-27-26-13(32-15)11-9(14(28)29)7-10(17(19,20)21)12(25-11)31-8/h7-8,30H,2-6H2,1H3,(H,28,29)/t8-,16-/m1/s1. The molecule has 2 aromatic rings. The minimum Gasteiger partial charge on any atom is -0.478 e. The van der Waals surface area contributed by atoms with Crippen molar-refractivity contribution in [3.05, 3.63) is 23.1 Å². The molecule has 0 amide bonds. The van der Waals surface area contributed by atoms with Gasteiger partial charge in [-0.15, -0.1) is 10.2 Å². The topological polar surface area (TPSA) is 119 Å². The molecule has 2 aromatic heterocycles. The number of rotatable bonds is 1. The van der Waals surface area contributed by atoms with E-state index in [9.17, 15) is 41.4 Å². The van der Waals surface area contributed by atoms with Gasteiger partial charge in [0.15, 0.2) is 0 Å². The van der Waals surface area contributed by atoms with Crippen LogP contribution in [-0.4, -0.2) is 43.6 Å². The summed E-state index contributed by atoms with van der Waals surface area (Å²) in [5, 5.41) is 26.1. The Bertz CT molecular complexity index is 1010. The second-order valence-electron chi connectivity index (χ2n) is 7.34. The summed E-state index contributed by atoms with van der Waals surface area (Å²) in [5.41, 5.74) is -6.88. The summed E-state index contributed by atoms with van der Waals surface area (Å²) in [6, 6.07) is 0.235. The lowest BCUT2D eigenvalue weighted by Gasteiger charge is -2.27. The van der Waals surface area contributed by atoms with Crippen LogP contribution in [0.15, 0.2) is 10.5 Å². The number of hydrogen-bond acceptors (Lipinski definition) is 7. The Morgan fingerprint density at radius 2 is 1.84 bits per heavy atom. The van der Waals surface area contributed by atoms with E-state index < -0.39 is 70.9 Å². The van der Waals surface area contributed by atoms with Crippen LogP contribution in [0.3, 0.4) is 0 Å². The van der Waals surface area contributed by atoms with Crippen LogP contribution in [0.25, 0.3) is 11.6 Å². The number of aromatic nitrogens is 3. The van der Waals surface area contributed by atoms with Crippen molar-refractivity contribution in [2.24, 2.45) is 0 Å². The molecule has 0 saturated heterocycles. The van der Waals surface area contributed by atoms with Crippen molar-refractivity contribution in [3.8, 4) is 17.5 Å². The van der Waals surface area contributed by atoms with Gasteiger partial charge < -0.3 is 19.4 Å². The fourth-order valence-corrected chi connectivity index (χ4v) is 3.21. The molecule has 2 atom stereocenters. The zero-order chi connectivity index (χ0) is 23.9. The molecule has 2 N–H and O–H groups in total. The number of pyridine rings is 1. The number of alkyl halides is 6. The Labute approximate surface area is 176 Å². The van der Waals surface area contributed by atoms with Gasteiger partial charge in [-0.05, 0) is 38.7 Å². The maximum Gasteiger partial charge on any atom is 0.426 e. The van der Waals surface area contributed by atoms with Crippen LogP contribution in [-0.2, 0) is 11.8 Å². The van der Waals surface area contributed by atoms with E-state index in [1.165, 1.54) is 6.92 Å². The van der Waals surface area contributed by atoms with Gasteiger partial charge in [0.2, 0.25) is 11.5 Å². The Balaban J connectivity index is 2.26. The average Bonchev–Trinajstić information content (AvgIpc) is 3.15. The van der Waals surface area contributed by atoms with Gasteiger partial charge in [-0.2, -0.15) is 26.3 Å². The van der Waals surface area contributed by atoms with Crippen LogP contribution in [0, 0.1) is 0 Å². The number of fused-ring (bicyclic) bond motifs is 5. The van der Waals surface area contributed by atoms with E-state index in [1.54, 1.807) is 0 Å². The van der Waals surface area contributed by atoms with Gasteiger partial charge in [-0.3, -0.25) is 0 Å². The van der Waals surface area contributed by atoms with Crippen LogP contribution in [0.4, 0.5) is 26.3 Å². The predicted octanol–water partition coefficient (Wildman–Crippen LogP) is 4.33. The summed E-state index contributed by atoms with van der Waals surface area (Å²) in [6.07, 6.45) is -11.3. The van der Waals surface area contributed by atoms with Crippen LogP contribution in [0.2, 0.25) is 0 Å². The molecule has 176 valence electrons. The smallest absolute Gasteiger partial charge is 0.426 e. The zero-order valence-electron chi connectivity index (χ0n) is 16.4. The van der Waals surface area contributed by atoms with Gasteiger partial charge in [0, 0.05) is 0 Å². The summed E-state index contributed by atoms with van der Waals surface area (Å²) in [7, 11) is 0. The van der Waals surface area contributed by atoms with E-state index >= 15 is 0 Å². The maximum atomic E-state index is 13.6. The minimum atomic E-state index is -5.21. The van der Waals surface area contributed by atoms with Crippen molar-refractivity contribution in [2.75, 3.05) is 0 Å². The molecule has 0 aromatic carbocycles. The number of carbonyl (C=O) groups is 1. The van der Waals surface area contributed by atoms with E-state index in [2.05, 4.69) is 15.2 Å². The highest BCUT2D eigenvalue weighted by Gasteiger charge is 2.58. The van der Waals surface area contributed by atoms with E-state index in [1.807, 2.05) is 0 Å². The van der Waals surface area contributed by atoms with E-state index in [4.69, 9.17) is 9.15 Å². The fraction of sp³-hybridized carbons (Fsp3) is 0.556. The van der Waals surface area contributed by atoms with E-state index in [-0.39, 0.29) is 31.7 Å². The SMILES string of the molecule is C[C@@H]1CCCCC[C@](O)(C(F)(F)F)c2nnc(o2)-c2nc(c(C(F)(F)F)cc2C(=O)O)O1. The lowest BCUT2D eigenvalue weighted by molar-refractivity contribution is -0.277. The number of carboxylic acid groups (broad SMARTS) is 1. The van der Waals surface area contributed by atoms with Crippen LogP contribution in [0.5, 0.6) is 5.88 Å². The van der Waals surface area contributed by atoms with Crippen molar-refractivity contribution in [1.82, 2.24) is 15.2 Å². The Kier molecular flexibility index (Phi) is 6.10. The molecule has 14 heteroatoms. The van der Waals surface area contributed by atoms with Crippen LogP contribution in [0.1, 0.15) is 60.8 Å². The highest BCUT2D eigenvalue weighted by molar-refractivity contribution is 5.94. The van der Waals surface area contributed by atoms with Crippen molar-refractivity contribution in [1.29, 1.82) is 0 Å². The van der Waals surface area contributed by atoms with E-state index in [0.717, 1.165) is 0 Å². The third-order valence-corrected chi connectivity index (χ3v) is 4.94. The number of carboxylic acids is 1. The first kappa shape index (κ1) is 23.8. The zero-order valence-corrected chi connectivity index (χ0v) is 16.4. The van der Waals surface area contributed by atoms with Gasteiger partial charge in [-0.1, -0.05) is 6.42 Å². The molecule has 0 aliphatic carbocycles. The predicted molar refractivity (Wildman–Crippen MR) is 92.6 cm³/mol. The second kappa shape index (κ2) is 8.22. The molecule has 1 aliphatic rings. The highest BCUT2D eigenvalue weighted by Crippen LogP contribution is 2.44. The molecular formula is C18H17F6N3O5. The molecule has 3 rings (SSSR count). The minimum absolute atomic E-state index is 0.113. The third kappa shape index (κ3) is 4.49. The Morgan fingerprint density at radius 1 is 1.16 bits per heavy atom. The molecule has 3 heterocycles. The van der Waals surface area contributed by atoms with Gasteiger partial charge in [0.25, 0.3) is 11.8 Å². The summed E-state index contributed by atoms with van der Waals surface area (Å²) in [5.74, 6) is -5.04. The molecule has 0 saturated carbocycles. The fourth-order valence-electron chi connectivity index (χ4n) is 3.21. The first-order valence-corrected chi connectivity index (χ1v) is 9.39. The summed E-state index contributed by atoms with van der Waals surface area (Å²) < 4.78 is 91.5. The molecule has 0 spiro atoms. The highest BCUT2D eigenvalue weighted by atomic mass is 19.4. The second-order valence-corrected chi connectivity index (χ2v) is 7.34. The molecule has 0 unspecified atom stereocenters. The van der Waals surface area contributed by atoms with Gasteiger partial charge in [-0.25, -0.2) is 9.78 Å². The maximum absolute atomic E-state index is 13.6. The largest absolute Gasteiger partial charge is 0.478 e. The van der Waals surface area contributed by atoms with Gasteiger partial charge in [0.1, 0.15) is 11.3 Å². The summed E-state index contributed by atoms with van der Waals surface area (Å²) in [4.78, 5) is 15.1. The molecule has 32 heavy (non-hydrogen) atoms. The molecule has 0 fully saturated rings. The molecule has 0 radical (unpaired) electrons. The van der Waals surface area contributed by atoms with Crippen molar-refractivity contribution < 1.29 is 50.5 Å². The first-order valence-electron chi connectivity index (χ1n) is 9.39. The van der Waals surface area contributed by atoms with E-state index in [0.29, 0.717) is 0 Å². The number of ether oxygens (including phenoxy) is 1. The summed E-state index contributed by atoms with van der Waals surface area (Å²) >= 11 is 0. The number of aromatic carboxylic acids is 1. The normalized spacial score (nSPS) is 22.7. The van der Waals surface area contributed by atoms with Crippen molar-refractivity contribution in [2.45, 2.75) is 63.1 Å². The molecule has 4 bridgehead atoms. The average molecular weight is 469 g/mol. The Morgan fingerprint density at radius 3 is 2.44 bits per heavy atom. The lowest BCUT2D eigenvalue weighted by atomic mass is 9.94. The molecule has 1 aliphatic heterocycles. The van der Waals surface area contributed by atoms with Crippen molar-refractivity contribution >= 4 is 5.97 Å². The number of nitrogens with zero attached hydrogens (tertiary/aromatic N) is 3. The molecular weight excluding hydrogens is 452 g/mol. The summed E-state index contributed by atoms with van der Waals surface area (Å²) in [6.45, 7) is 1.44. The quantitative estimate of drug-likeness (QED) is 0.593. The molecule has 8 nitrogen and oxygen atoms in total. The number of halogens is 6. The third-order valence-electron chi connectivity index (χ3n) is 4.94. The first-order chi connectivity index (χ1) is 14.7. The monoisotopic (exact) mass is 469 g/mol. The number of hydrogen-bond donors (Lipinski definition) is 2. The van der Waals surface area contributed by atoms with Gasteiger partial charge in [0.05, 0.1) is 11.7 Å². The Hall–Kier alpha value is -2.90. The van der Waals surface area contributed by atoms with Crippen LogP contribution >= 0.6 is 0 Å². The van der Waals surface area contributed by atoms with Crippen molar-refractivity contribution in [3.63, 3.8) is 0 Å². The number of aliphatic hydroxyl groups is 1.